The number of pyridine rings is 1. The number of nitrogens with zero attached hydrogens (tertiary/aromatic N) is 5. The molecule has 0 bridgehead atoms. The van der Waals surface area contributed by atoms with E-state index in [2.05, 4.69) is 15.2 Å². The normalized spacial score (nSPS) is 18.0. The number of rotatable bonds is 11. The molecule has 13 heteroatoms. The number of aliphatic carboxylic acids is 1. The number of methoxy groups -OCH3 is 1. The van der Waals surface area contributed by atoms with Crippen molar-refractivity contribution in [1.82, 2.24) is 25.0 Å². The summed E-state index contributed by atoms with van der Waals surface area (Å²) < 4.78 is 4.75. The van der Waals surface area contributed by atoms with Crippen LogP contribution in [0, 0.1) is 0 Å². The van der Waals surface area contributed by atoms with Gasteiger partial charge in [0.25, 0.3) is 0 Å². The van der Waals surface area contributed by atoms with E-state index in [1.807, 2.05) is 42.5 Å². The average molecular weight is 581 g/mol. The first-order valence-corrected chi connectivity index (χ1v) is 13.8. The first kappa shape index (κ1) is 30.4. The molecule has 0 aliphatic carbocycles. The number of esters is 1. The van der Waals surface area contributed by atoms with Crippen LogP contribution in [0.2, 0.25) is 0 Å². The molecule has 0 saturated carbocycles. The number of piperazine rings is 2. The zero-order chi connectivity index (χ0) is 30.1. The highest BCUT2D eigenvalue weighted by Crippen LogP contribution is 2.20. The van der Waals surface area contributed by atoms with Gasteiger partial charge in [0.2, 0.25) is 17.7 Å². The third-order valence-electron chi connectivity index (χ3n) is 7.51. The Hall–Kier alpha value is -4.52. The fourth-order valence-electron chi connectivity index (χ4n) is 5.22. The van der Waals surface area contributed by atoms with Crippen LogP contribution in [0.1, 0.15) is 18.4 Å². The summed E-state index contributed by atoms with van der Waals surface area (Å²) >= 11 is 0. The molecule has 0 unspecified atom stereocenters. The van der Waals surface area contributed by atoms with Gasteiger partial charge in [0.15, 0.2) is 0 Å². The fraction of sp³-hybridized carbons (Fsp3) is 0.448. The van der Waals surface area contributed by atoms with Gasteiger partial charge in [-0.05, 0) is 17.7 Å². The molecular formula is C29H36N6O7. The maximum atomic E-state index is 14.0. The summed E-state index contributed by atoms with van der Waals surface area (Å²) in [7, 11) is 1.17. The fourth-order valence-corrected chi connectivity index (χ4v) is 5.22. The molecule has 3 amide bonds. The highest BCUT2D eigenvalue weighted by atomic mass is 16.5. The van der Waals surface area contributed by atoms with Gasteiger partial charge in [0, 0.05) is 63.9 Å². The van der Waals surface area contributed by atoms with Crippen LogP contribution in [-0.2, 0) is 35.3 Å². The first-order chi connectivity index (χ1) is 20.3. The molecule has 1 aromatic heterocycles. The first-order valence-electron chi connectivity index (χ1n) is 13.8. The maximum absolute atomic E-state index is 14.0. The maximum Gasteiger partial charge on any atom is 0.323 e. The molecule has 2 aromatic rings. The Morgan fingerprint density at radius 1 is 1.00 bits per heavy atom. The number of anilines is 1. The predicted molar refractivity (Wildman–Crippen MR) is 151 cm³/mol. The number of hydrogen-bond donors (Lipinski definition) is 2. The zero-order valence-electron chi connectivity index (χ0n) is 23.6. The lowest BCUT2D eigenvalue weighted by molar-refractivity contribution is -0.160. The van der Waals surface area contributed by atoms with Crippen molar-refractivity contribution in [1.29, 1.82) is 0 Å². The van der Waals surface area contributed by atoms with Gasteiger partial charge in [-0.1, -0.05) is 30.3 Å². The van der Waals surface area contributed by atoms with Crippen molar-refractivity contribution in [3.05, 3.63) is 60.4 Å². The van der Waals surface area contributed by atoms with Gasteiger partial charge in [-0.25, -0.2) is 0 Å². The van der Waals surface area contributed by atoms with Gasteiger partial charge in [-0.2, -0.15) is 0 Å². The summed E-state index contributed by atoms with van der Waals surface area (Å²) in [6, 6.07) is 11.0. The van der Waals surface area contributed by atoms with Gasteiger partial charge in [0.05, 0.1) is 26.0 Å². The van der Waals surface area contributed by atoms with Gasteiger partial charge in [0.1, 0.15) is 12.6 Å². The Morgan fingerprint density at radius 3 is 2.33 bits per heavy atom. The minimum Gasteiger partial charge on any atom is -0.480 e. The largest absolute Gasteiger partial charge is 0.480 e. The molecular weight excluding hydrogens is 544 g/mol. The Labute approximate surface area is 244 Å². The minimum atomic E-state index is -1.24. The van der Waals surface area contributed by atoms with E-state index in [1.54, 1.807) is 17.3 Å². The number of aromatic nitrogens is 1. The lowest BCUT2D eigenvalue weighted by Gasteiger charge is -2.41. The molecule has 1 aromatic carbocycles. The van der Waals surface area contributed by atoms with Crippen LogP contribution in [-0.4, -0.2) is 119 Å². The SMILES string of the molecule is COC(=O)C[C@@H]1C(=O)N(CC(=O)O)CCN1C(=O)[C@H](CC(=O)N1CCN(c2ccncc2)CC1)NCc1ccccc1. The summed E-state index contributed by atoms with van der Waals surface area (Å²) in [4.78, 5) is 74.4. The topological polar surface area (TPSA) is 153 Å². The standard InChI is InChI=1S/C29H36N6O7/c1-42-27(39)18-24-29(41)34(20-26(37)38)15-16-35(24)28(40)23(31-19-21-5-3-2-4-6-21)17-25(36)33-13-11-32(12-14-33)22-7-9-30-10-8-22/h2-10,23-24,31H,11-20H2,1H3,(H,37,38)/t23-,24+/m0/s1. The number of carboxylic acid groups (broad SMARTS) is 1. The molecule has 2 atom stereocenters. The lowest BCUT2D eigenvalue weighted by atomic mass is 10.0. The number of ether oxygens (including phenoxy) is 1. The summed E-state index contributed by atoms with van der Waals surface area (Å²) in [5.74, 6) is -3.27. The molecule has 3 heterocycles. The third kappa shape index (κ3) is 7.81. The van der Waals surface area contributed by atoms with Crippen molar-refractivity contribution in [3.63, 3.8) is 0 Å². The summed E-state index contributed by atoms with van der Waals surface area (Å²) in [6.45, 7) is 2.00. The average Bonchev–Trinajstić information content (AvgIpc) is 3.01. The number of carbonyl (C=O) groups excluding carboxylic acids is 4. The van der Waals surface area contributed by atoms with Crippen molar-refractivity contribution in [2.45, 2.75) is 31.5 Å². The van der Waals surface area contributed by atoms with Crippen molar-refractivity contribution in [2.24, 2.45) is 0 Å². The Bertz CT molecular complexity index is 1250. The van der Waals surface area contributed by atoms with Crippen LogP contribution < -0.4 is 10.2 Å². The van der Waals surface area contributed by atoms with E-state index in [4.69, 9.17) is 4.74 Å². The summed E-state index contributed by atoms with van der Waals surface area (Å²) in [6.07, 6.45) is 2.88. The van der Waals surface area contributed by atoms with Crippen LogP contribution in [0.15, 0.2) is 54.9 Å². The number of amides is 3. The highest BCUT2D eigenvalue weighted by molar-refractivity contribution is 5.96. The van der Waals surface area contributed by atoms with Crippen LogP contribution in [0.25, 0.3) is 0 Å². The highest BCUT2D eigenvalue weighted by Gasteiger charge is 2.42. The Balaban J connectivity index is 1.49. The quantitative estimate of drug-likeness (QED) is 0.347. The van der Waals surface area contributed by atoms with E-state index in [0.29, 0.717) is 32.7 Å². The molecule has 2 aliphatic heterocycles. The van der Waals surface area contributed by atoms with Crippen LogP contribution >= 0.6 is 0 Å². The molecule has 13 nitrogen and oxygen atoms in total. The minimum absolute atomic E-state index is 0.00906. The molecule has 0 spiro atoms. The number of benzene rings is 1. The van der Waals surface area contributed by atoms with Crippen molar-refractivity contribution < 1.29 is 33.8 Å². The molecule has 224 valence electrons. The smallest absolute Gasteiger partial charge is 0.323 e. The second-order valence-electron chi connectivity index (χ2n) is 10.2. The number of carbonyl (C=O) groups is 5. The molecule has 42 heavy (non-hydrogen) atoms. The number of carboxylic acids is 1. The van der Waals surface area contributed by atoms with E-state index in [9.17, 15) is 29.1 Å². The van der Waals surface area contributed by atoms with Gasteiger partial charge >= 0.3 is 11.9 Å². The van der Waals surface area contributed by atoms with Crippen molar-refractivity contribution in [2.75, 3.05) is 57.8 Å². The van der Waals surface area contributed by atoms with E-state index < -0.39 is 48.8 Å². The van der Waals surface area contributed by atoms with E-state index in [0.717, 1.165) is 16.2 Å². The predicted octanol–water partition coefficient (Wildman–Crippen LogP) is -0.0342. The third-order valence-corrected chi connectivity index (χ3v) is 7.51. The van der Waals surface area contributed by atoms with E-state index in [-0.39, 0.29) is 25.4 Å². The molecule has 2 fully saturated rings. The van der Waals surface area contributed by atoms with Crippen molar-refractivity contribution >= 4 is 35.3 Å². The van der Waals surface area contributed by atoms with E-state index in [1.165, 1.54) is 12.0 Å². The van der Waals surface area contributed by atoms with Gasteiger partial charge in [-0.15, -0.1) is 0 Å². The van der Waals surface area contributed by atoms with Crippen LogP contribution in [0.3, 0.4) is 0 Å². The summed E-state index contributed by atoms with van der Waals surface area (Å²) in [5, 5.41) is 12.4. The van der Waals surface area contributed by atoms with Gasteiger partial charge < -0.3 is 34.8 Å². The molecule has 2 saturated heterocycles. The van der Waals surface area contributed by atoms with E-state index >= 15 is 0 Å². The second-order valence-corrected chi connectivity index (χ2v) is 10.2. The van der Waals surface area contributed by atoms with Crippen LogP contribution in [0.5, 0.6) is 0 Å². The van der Waals surface area contributed by atoms with Crippen LogP contribution in [0.4, 0.5) is 5.69 Å². The number of hydrogen-bond acceptors (Lipinski definition) is 9. The number of nitrogens with one attached hydrogen (secondary N) is 1. The molecule has 0 radical (unpaired) electrons. The summed E-state index contributed by atoms with van der Waals surface area (Å²) in [5.41, 5.74) is 1.93. The Morgan fingerprint density at radius 2 is 1.69 bits per heavy atom. The lowest BCUT2D eigenvalue weighted by Crippen LogP contribution is -2.63. The van der Waals surface area contributed by atoms with Crippen molar-refractivity contribution in [3.8, 4) is 0 Å². The second kappa shape index (κ2) is 14.4. The monoisotopic (exact) mass is 580 g/mol. The molecule has 4 rings (SSSR count). The molecule has 2 aliphatic rings. The zero-order valence-corrected chi connectivity index (χ0v) is 23.6. The molecule has 2 N–H and O–H groups in total. The van der Waals surface area contributed by atoms with Gasteiger partial charge in [-0.3, -0.25) is 29.0 Å². The Kier molecular flexibility index (Phi) is 10.4.